The molecule has 2 heterocycles. The van der Waals surface area contributed by atoms with Crippen LogP contribution in [0.2, 0.25) is 5.02 Å². The normalized spacial score (nSPS) is 13.3. The Bertz CT molecular complexity index is 1300. The first-order valence-electron chi connectivity index (χ1n) is 9.52. The molecule has 1 aromatic heterocycles. The van der Waals surface area contributed by atoms with E-state index in [0.717, 1.165) is 0 Å². The molecule has 174 valence electrons. The van der Waals surface area contributed by atoms with Crippen LogP contribution in [0.15, 0.2) is 39.8 Å². The van der Waals surface area contributed by atoms with Gasteiger partial charge in [0.2, 0.25) is 5.89 Å². The number of nitrogens with one attached hydrogen (secondary N) is 1. The van der Waals surface area contributed by atoms with Crippen molar-refractivity contribution in [2.75, 3.05) is 30.4 Å². The third kappa shape index (κ3) is 4.66. The van der Waals surface area contributed by atoms with Gasteiger partial charge in [-0.2, -0.15) is 4.98 Å². The van der Waals surface area contributed by atoms with Gasteiger partial charge in [0.25, 0.3) is 15.9 Å². The molecule has 3 aromatic rings. The number of halogens is 1. The summed E-state index contributed by atoms with van der Waals surface area (Å²) in [7, 11) is -1.23. The Morgan fingerprint density at radius 1 is 1.15 bits per heavy atom. The Labute approximate surface area is 194 Å². The highest BCUT2D eigenvalue weighted by Crippen LogP contribution is 2.40. The Hall–Kier alpha value is -3.51. The molecule has 0 unspecified atom stereocenters. The van der Waals surface area contributed by atoms with E-state index in [1.54, 1.807) is 13.0 Å². The molecule has 1 aliphatic heterocycles. The fourth-order valence-electron chi connectivity index (χ4n) is 3.21. The Morgan fingerprint density at radius 2 is 1.85 bits per heavy atom. The third-order valence-corrected chi connectivity index (χ3v) is 6.56. The summed E-state index contributed by atoms with van der Waals surface area (Å²) in [6.07, 6.45) is 0. The van der Waals surface area contributed by atoms with E-state index in [9.17, 15) is 13.2 Å². The van der Waals surface area contributed by atoms with Crippen molar-refractivity contribution in [2.24, 2.45) is 0 Å². The molecular formula is C20H19ClN4O7S. The lowest BCUT2D eigenvalue weighted by atomic mass is 10.2. The molecular weight excluding hydrogens is 476 g/mol. The number of fused-ring (bicyclic) bond motifs is 1. The molecule has 1 N–H and O–H groups in total. The topological polar surface area (TPSA) is 133 Å². The van der Waals surface area contributed by atoms with E-state index in [0.29, 0.717) is 23.1 Å². The van der Waals surface area contributed by atoms with Gasteiger partial charge in [-0.25, -0.2) is 8.42 Å². The van der Waals surface area contributed by atoms with Crippen LogP contribution in [-0.2, 0) is 21.4 Å². The molecule has 2 aromatic carbocycles. The number of hydrogen-bond acceptors (Lipinski definition) is 9. The summed E-state index contributed by atoms with van der Waals surface area (Å²) in [5.74, 6) is 1.25. The van der Waals surface area contributed by atoms with Gasteiger partial charge >= 0.3 is 0 Å². The molecule has 4 rings (SSSR count). The molecule has 13 heteroatoms. The summed E-state index contributed by atoms with van der Waals surface area (Å²) in [6, 6.07) is 7.21. The van der Waals surface area contributed by atoms with Gasteiger partial charge in [0, 0.05) is 31.2 Å². The average Bonchev–Trinajstić information content (AvgIpc) is 3.19. The van der Waals surface area contributed by atoms with Crippen LogP contribution in [0.4, 0.5) is 11.4 Å². The summed E-state index contributed by atoms with van der Waals surface area (Å²) >= 11 is 6.34. The molecule has 1 aliphatic rings. The number of amides is 1. The molecule has 33 heavy (non-hydrogen) atoms. The minimum atomic E-state index is -4.13. The summed E-state index contributed by atoms with van der Waals surface area (Å²) in [5, 5.41) is 3.68. The second-order valence-electron chi connectivity index (χ2n) is 6.96. The number of carbonyl (C=O) groups is 1. The van der Waals surface area contributed by atoms with Gasteiger partial charge in [0.1, 0.15) is 22.1 Å². The number of aromatic nitrogens is 2. The number of sulfonamides is 1. The third-order valence-electron chi connectivity index (χ3n) is 4.72. The van der Waals surface area contributed by atoms with Gasteiger partial charge in [-0.05, 0) is 6.07 Å². The van der Waals surface area contributed by atoms with E-state index in [4.69, 9.17) is 30.3 Å². The fraction of sp³-hybridized carbons (Fsp3) is 0.250. The SMILES string of the molecule is COc1cc(NS(=O)(=O)c2cc3c(cc2Cl)N(Cc2noc(C)n2)C(=O)CO3)cc(OC)c1. The lowest BCUT2D eigenvalue weighted by Gasteiger charge is -2.29. The molecule has 0 radical (unpaired) electrons. The zero-order valence-corrected chi connectivity index (χ0v) is 19.4. The number of carbonyl (C=O) groups excluding carboxylic acids is 1. The van der Waals surface area contributed by atoms with Gasteiger partial charge in [-0.1, -0.05) is 16.8 Å². The van der Waals surface area contributed by atoms with Crippen molar-refractivity contribution >= 4 is 38.9 Å². The van der Waals surface area contributed by atoms with E-state index in [1.807, 2.05) is 0 Å². The average molecular weight is 495 g/mol. The number of aryl methyl sites for hydroxylation is 1. The Morgan fingerprint density at radius 3 is 2.45 bits per heavy atom. The number of ether oxygens (including phenoxy) is 3. The first-order valence-corrected chi connectivity index (χ1v) is 11.4. The van der Waals surface area contributed by atoms with Gasteiger partial charge in [-0.15, -0.1) is 0 Å². The first kappa shape index (κ1) is 22.7. The molecule has 0 atom stereocenters. The van der Waals surface area contributed by atoms with E-state index in [2.05, 4.69) is 14.9 Å². The summed E-state index contributed by atoms with van der Waals surface area (Å²) in [4.78, 5) is 17.7. The number of hydrogen-bond donors (Lipinski definition) is 1. The maximum Gasteiger partial charge on any atom is 0.265 e. The van der Waals surface area contributed by atoms with Crippen LogP contribution in [0, 0.1) is 6.92 Å². The van der Waals surface area contributed by atoms with Crippen molar-refractivity contribution in [3.8, 4) is 17.2 Å². The van der Waals surface area contributed by atoms with Crippen LogP contribution in [0.3, 0.4) is 0 Å². The van der Waals surface area contributed by atoms with Crippen LogP contribution in [0.1, 0.15) is 11.7 Å². The van der Waals surface area contributed by atoms with Crippen LogP contribution >= 0.6 is 11.6 Å². The maximum absolute atomic E-state index is 13.1. The van der Waals surface area contributed by atoms with Crippen molar-refractivity contribution in [1.82, 2.24) is 10.1 Å². The zero-order chi connectivity index (χ0) is 23.8. The summed E-state index contributed by atoms with van der Waals surface area (Å²) < 4.78 is 49.4. The van der Waals surface area contributed by atoms with Crippen LogP contribution in [0.25, 0.3) is 0 Å². The molecule has 0 fully saturated rings. The number of benzene rings is 2. The first-order chi connectivity index (χ1) is 15.7. The van der Waals surface area contributed by atoms with Crippen LogP contribution in [0.5, 0.6) is 17.2 Å². The number of anilines is 2. The quantitative estimate of drug-likeness (QED) is 0.526. The molecule has 0 bridgehead atoms. The van der Waals surface area contributed by atoms with E-state index in [1.165, 1.54) is 43.4 Å². The fourth-order valence-corrected chi connectivity index (χ4v) is 4.78. The van der Waals surface area contributed by atoms with Crippen molar-refractivity contribution in [3.05, 3.63) is 47.1 Å². The predicted octanol–water partition coefficient (Wildman–Crippen LogP) is 2.78. The molecule has 0 spiro atoms. The van der Waals surface area contributed by atoms with Crippen molar-refractivity contribution in [2.45, 2.75) is 18.4 Å². The summed E-state index contributed by atoms with van der Waals surface area (Å²) in [5.41, 5.74) is 0.505. The molecule has 0 saturated heterocycles. The van der Waals surface area contributed by atoms with Gasteiger partial charge in [0.15, 0.2) is 12.4 Å². The zero-order valence-electron chi connectivity index (χ0n) is 17.8. The van der Waals surface area contributed by atoms with Gasteiger partial charge in [-0.3, -0.25) is 14.4 Å². The van der Waals surface area contributed by atoms with E-state index in [-0.39, 0.29) is 46.2 Å². The minimum Gasteiger partial charge on any atom is -0.497 e. The lowest BCUT2D eigenvalue weighted by molar-refractivity contribution is -0.121. The number of rotatable bonds is 7. The van der Waals surface area contributed by atoms with Crippen molar-refractivity contribution < 1.29 is 31.9 Å². The molecule has 0 aliphatic carbocycles. The van der Waals surface area contributed by atoms with Crippen LogP contribution < -0.4 is 23.8 Å². The number of nitrogens with zero attached hydrogens (tertiary/aromatic N) is 3. The van der Waals surface area contributed by atoms with E-state index >= 15 is 0 Å². The smallest absolute Gasteiger partial charge is 0.265 e. The molecule has 11 nitrogen and oxygen atoms in total. The minimum absolute atomic E-state index is 0.0107. The standard InChI is InChI=1S/C20H19ClN4O7S/c1-11-22-19(23-32-11)9-25-16-7-15(21)18(8-17(16)31-10-20(25)26)33(27,28)24-12-4-13(29-2)6-14(5-12)30-3/h4-8,24H,9-10H2,1-3H3. The van der Waals surface area contributed by atoms with E-state index < -0.39 is 10.0 Å². The van der Waals surface area contributed by atoms with Gasteiger partial charge < -0.3 is 18.7 Å². The Balaban J connectivity index is 1.68. The highest BCUT2D eigenvalue weighted by atomic mass is 35.5. The van der Waals surface area contributed by atoms with Crippen molar-refractivity contribution in [1.29, 1.82) is 0 Å². The second kappa shape index (κ2) is 8.79. The van der Waals surface area contributed by atoms with Gasteiger partial charge in [0.05, 0.1) is 37.2 Å². The lowest BCUT2D eigenvalue weighted by Crippen LogP contribution is -2.38. The highest BCUT2D eigenvalue weighted by Gasteiger charge is 2.31. The molecule has 0 saturated carbocycles. The monoisotopic (exact) mass is 494 g/mol. The second-order valence-corrected chi connectivity index (χ2v) is 9.01. The maximum atomic E-state index is 13.1. The molecule has 1 amide bonds. The predicted molar refractivity (Wildman–Crippen MR) is 118 cm³/mol. The van der Waals surface area contributed by atoms with Crippen molar-refractivity contribution in [3.63, 3.8) is 0 Å². The highest BCUT2D eigenvalue weighted by molar-refractivity contribution is 7.92. The summed E-state index contributed by atoms with van der Waals surface area (Å²) in [6.45, 7) is 1.35. The Kier molecular flexibility index (Phi) is 6.04. The van der Waals surface area contributed by atoms with Crippen LogP contribution in [-0.4, -0.2) is 45.3 Å². The number of methoxy groups -OCH3 is 2. The largest absolute Gasteiger partial charge is 0.497 e.